The quantitative estimate of drug-likeness (QED) is 0.844. The second-order valence-electron chi connectivity index (χ2n) is 6.62. The SMILES string of the molecule is CC(C)CCCC(C)NC(=O)c1ccc2c(c1)CCC(=O)N2. The summed E-state index contributed by atoms with van der Waals surface area (Å²) in [5.41, 5.74) is 2.54. The molecule has 0 spiro atoms. The van der Waals surface area contributed by atoms with E-state index in [1.165, 1.54) is 6.42 Å². The van der Waals surface area contributed by atoms with Crippen molar-refractivity contribution < 1.29 is 9.59 Å². The molecule has 1 atom stereocenters. The molecule has 1 unspecified atom stereocenters. The molecule has 120 valence electrons. The molecule has 1 aliphatic rings. The summed E-state index contributed by atoms with van der Waals surface area (Å²) in [5, 5.41) is 5.89. The number of hydrogen-bond acceptors (Lipinski definition) is 2. The number of hydrogen-bond donors (Lipinski definition) is 2. The van der Waals surface area contributed by atoms with Gasteiger partial charge in [0.15, 0.2) is 0 Å². The van der Waals surface area contributed by atoms with Crippen molar-refractivity contribution in [3.63, 3.8) is 0 Å². The number of benzene rings is 1. The highest BCUT2D eigenvalue weighted by Crippen LogP contribution is 2.23. The zero-order valence-corrected chi connectivity index (χ0v) is 13.7. The minimum atomic E-state index is -0.0308. The molecule has 0 fully saturated rings. The van der Waals surface area contributed by atoms with Crippen molar-refractivity contribution >= 4 is 17.5 Å². The largest absolute Gasteiger partial charge is 0.350 e. The summed E-state index contributed by atoms with van der Waals surface area (Å²) in [6, 6.07) is 5.68. The first-order chi connectivity index (χ1) is 10.5. The van der Waals surface area contributed by atoms with Crippen LogP contribution in [0, 0.1) is 5.92 Å². The van der Waals surface area contributed by atoms with E-state index in [9.17, 15) is 9.59 Å². The lowest BCUT2D eigenvalue weighted by molar-refractivity contribution is -0.116. The van der Waals surface area contributed by atoms with Crippen LogP contribution in [0.2, 0.25) is 0 Å². The molecule has 1 aromatic carbocycles. The van der Waals surface area contributed by atoms with Gasteiger partial charge in [-0.15, -0.1) is 0 Å². The molecule has 2 rings (SSSR count). The molecule has 0 bridgehead atoms. The van der Waals surface area contributed by atoms with Crippen LogP contribution < -0.4 is 10.6 Å². The summed E-state index contributed by atoms with van der Waals surface area (Å²) in [5.74, 6) is 0.721. The average molecular weight is 302 g/mol. The maximum absolute atomic E-state index is 12.3. The molecule has 2 amide bonds. The molecule has 0 saturated carbocycles. The summed E-state index contributed by atoms with van der Waals surface area (Å²) in [7, 11) is 0. The highest BCUT2D eigenvalue weighted by Gasteiger charge is 2.17. The number of nitrogens with one attached hydrogen (secondary N) is 2. The van der Waals surface area contributed by atoms with Crippen molar-refractivity contribution in [3.8, 4) is 0 Å². The molecule has 4 heteroatoms. The van der Waals surface area contributed by atoms with E-state index in [0.29, 0.717) is 24.3 Å². The van der Waals surface area contributed by atoms with Crippen molar-refractivity contribution in [2.45, 2.75) is 58.9 Å². The van der Waals surface area contributed by atoms with Crippen molar-refractivity contribution in [1.82, 2.24) is 5.32 Å². The van der Waals surface area contributed by atoms with Crippen molar-refractivity contribution in [2.75, 3.05) is 5.32 Å². The Kier molecular flexibility index (Phi) is 5.58. The van der Waals surface area contributed by atoms with Gasteiger partial charge in [-0.2, -0.15) is 0 Å². The monoisotopic (exact) mass is 302 g/mol. The lowest BCUT2D eigenvalue weighted by Crippen LogP contribution is -2.32. The van der Waals surface area contributed by atoms with E-state index >= 15 is 0 Å². The van der Waals surface area contributed by atoms with Gasteiger partial charge in [0.25, 0.3) is 5.91 Å². The smallest absolute Gasteiger partial charge is 0.251 e. The first-order valence-corrected chi connectivity index (χ1v) is 8.19. The van der Waals surface area contributed by atoms with Gasteiger partial charge in [-0.25, -0.2) is 0 Å². The summed E-state index contributed by atoms with van der Waals surface area (Å²) >= 11 is 0. The van der Waals surface area contributed by atoms with Gasteiger partial charge in [0.1, 0.15) is 0 Å². The number of amides is 2. The number of anilines is 1. The molecular formula is C18H26N2O2. The van der Waals surface area contributed by atoms with Gasteiger partial charge in [-0.1, -0.05) is 26.7 Å². The molecule has 1 aliphatic heterocycles. The first kappa shape index (κ1) is 16.5. The Hall–Kier alpha value is -1.84. The minimum absolute atomic E-state index is 0.0308. The Morgan fingerprint density at radius 2 is 2.00 bits per heavy atom. The third kappa shape index (κ3) is 4.58. The molecule has 0 radical (unpaired) electrons. The minimum Gasteiger partial charge on any atom is -0.350 e. The van der Waals surface area contributed by atoms with Crippen LogP contribution in [0.3, 0.4) is 0 Å². The number of rotatable bonds is 6. The third-order valence-corrected chi connectivity index (χ3v) is 4.06. The van der Waals surface area contributed by atoms with E-state index in [0.717, 1.165) is 24.1 Å². The Balaban J connectivity index is 1.91. The molecule has 2 N–H and O–H groups in total. The highest BCUT2D eigenvalue weighted by molar-refractivity contribution is 5.98. The second kappa shape index (κ2) is 7.43. The summed E-state index contributed by atoms with van der Waals surface area (Å²) < 4.78 is 0. The second-order valence-corrected chi connectivity index (χ2v) is 6.62. The Labute approximate surface area is 132 Å². The van der Waals surface area contributed by atoms with E-state index in [4.69, 9.17) is 0 Å². The number of carbonyl (C=O) groups excluding carboxylic acids is 2. The van der Waals surface area contributed by atoms with E-state index in [1.54, 1.807) is 6.07 Å². The molecule has 0 aromatic heterocycles. The predicted molar refractivity (Wildman–Crippen MR) is 89.0 cm³/mol. The molecule has 0 saturated heterocycles. The fourth-order valence-electron chi connectivity index (χ4n) is 2.74. The average Bonchev–Trinajstić information content (AvgIpc) is 2.46. The van der Waals surface area contributed by atoms with Gasteiger partial charge in [0.2, 0.25) is 5.91 Å². The molecule has 22 heavy (non-hydrogen) atoms. The van der Waals surface area contributed by atoms with Crippen molar-refractivity contribution in [3.05, 3.63) is 29.3 Å². The maximum atomic E-state index is 12.3. The van der Waals surface area contributed by atoms with Gasteiger partial charge < -0.3 is 10.6 Å². The van der Waals surface area contributed by atoms with E-state index in [1.807, 2.05) is 12.1 Å². The lowest BCUT2D eigenvalue weighted by atomic mass is 9.99. The predicted octanol–water partition coefficient (Wildman–Crippen LogP) is 3.52. The topological polar surface area (TPSA) is 58.2 Å². The number of fused-ring (bicyclic) bond motifs is 1. The van der Waals surface area contributed by atoms with Crippen LogP contribution in [0.5, 0.6) is 0 Å². The molecule has 0 aliphatic carbocycles. The van der Waals surface area contributed by atoms with Crippen molar-refractivity contribution in [1.29, 1.82) is 0 Å². The number of aryl methyl sites for hydroxylation is 1. The summed E-state index contributed by atoms with van der Waals surface area (Å²) in [4.78, 5) is 23.7. The molecule has 1 aromatic rings. The van der Waals surface area contributed by atoms with Gasteiger partial charge in [0, 0.05) is 23.7 Å². The highest BCUT2D eigenvalue weighted by atomic mass is 16.2. The van der Waals surface area contributed by atoms with Crippen LogP contribution in [0.15, 0.2) is 18.2 Å². The summed E-state index contributed by atoms with van der Waals surface area (Å²) in [6.07, 6.45) is 4.52. The first-order valence-electron chi connectivity index (χ1n) is 8.19. The molecule has 1 heterocycles. The molecular weight excluding hydrogens is 276 g/mol. The Morgan fingerprint density at radius 3 is 2.73 bits per heavy atom. The third-order valence-electron chi connectivity index (χ3n) is 4.06. The van der Waals surface area contributed by atoms with Gasteiger partial charge in [-0.3, -0.25) is 9.59 Å². The van der Waals surface area contributed by atoms with Crippen LogP contribution in [0.1, 0.15) is 62.4 Å². The maximum Gasteiger partial charge on any atom is 0.251 e. The van der Waals surface area contributed by atoms with Gasteiger partial charge in [-0.05, 0) is 49.4 Å². The van der Waals surface area contributed by atoms with E-state index in [2.05, 4.69) is 31.4 Å². The van der Waals surface area contributed by atoms with Crippen LogP contribution in [0.25, 0.3) is 0 Å². The standard InChI is InChI=1S/C18H26N2O2/c1-12(2)5-4-6-13(3)19-18(22)15-7-9-16-14(11-15)8-10-17(21)20-16/h7,9,11-13H,4-6,8,10H2,1-3H3,(H,19,22)(H,20,21). The molecule has 4 nitrogen and oxygen atoms in total. The van der Waals surface area contributed by atoms with E-state index < -0.39 is 0 Å². The van der Waals surface area contributed by atoms with Crippen LogP contribution in [0.4, 0.5) is 5.69 Å². The fraction of sp³-hybridized carbons (Fsp3) is 0.556. The van der Waals surface area contributed by atoms with Crippen molar-refractivity contribution in [2.24, 2.45) is 5.92 Å². The summed E-state index contributed by atoms with van der Waals surface area (Å²) in [6.45, 7) is 6.49. The van der Waals surface area contributed by atoms with Gasteiger partial charge in [0.05, 0.1) is 0 Å². The Morgan fingerprint density at radius 1 is 1.23 bits per heavy atom. The fourth-order valence-corrected chi connectivity index (χ4v) is 2.74. The Bertz CT molecular complexity index is 552. The van der Waals surface area contributed by atoms with Crippen LogP contribution in [-0.2, 0) is 11.2 Å². The van der Waals surface area contributed by atoms with Crippen LogP contribution in [-0.4, -0.2) is 17.9 Å². The lowest BCUT2D eigenvalue weighted by Gasteiger charge is -2.18. The zero-order chi connectivity index (χ0) is 16.1. The van der Waals surface area contributed by atoms with Gasteiger partial charge >= 0.3 is 0 Å². The number of carbonyl (C=O) groups is 2. The zero-order valence-electron chi connectivity index (χ0n) is 13.7. The van der Waals surface area contributed by atoms with E-state index in [-0.39, 0.29) is 17.9 Å². The normalized spacial score (nSPS) is 15.2. The van der Waals surface area contributed by atoms with Crippen LogP contribution >= 0.6 is 0 Å².